The lowest BCUT2D eigenvalue weighted by Gasteiger charge is -2.24. The second kappa shape index (κ2) is 5.95. The van der Waals surface area contributed by atoms with Crippen molar-refractivity contribution in [3.05, 3.63) is 47.6 Å². The van der Waals surface area contributed by atoms with Gasteiger partial charge in [-0.05, 0) is 32.8 Å². The van der Waals surface area contributed by atoms with Gasteiger partial charge in [-0.1, -0.05) is 42.4 Å². The van der Waals surface area contributed by atoms with Gasteiger partial charge in [0.25, 0.3) is 5.89 Å². The summed E-state index contributed by atoms with van der Waals surface area (Å²) >= 11 is 0. The van der Waals surface area contributed by atoms with Gasteiger partial charge in [0.15, 0.2) is 0 Å². The Morgan fingerprint density at radius 3 is 2.43 bits per heavy atom. The molecule has 2 aromatic rings. The molecule has 1 aromatic heterocycles. The largest absolute Gasteiger partial charge is 0.367 e. The van der Waals surface area contributed by atoms with Crippen molar-refractivity contribution < 1.29 is 9.26 Å². The van der Waals surface area contributed by atoms with Crippen LogP contribution in [0.4, 0.5) is 0 Å². The summed E-state index contributed by atoms with van der Waals surface area (Å²) in [5.74, 6) is 0.928. The quantitative estimate of drug-likeness (QED) is 0.885. The SMILES string of the molecule is CCOC(C)(CC)c1noc(C(C)(N)c2ccccc2)n1. The summed E-state index contributed by atoms with van der Waals surface area (Å²) in [6.45, 7) is 8.40. The van der Waals surface area contributed by atoms with Crippen LogP contribution in [0.25, 0.3) is 0 Å². The van der Waals surface area contributed by atoms with E-state index in [1.807, 2.05) is 58.0 Å². The zero-order chi connectivity index (χ0) is 15.5. The summed E-state index contributed by atoms with van der Waals surface area (Å²) in [7, 11) is 0. The standard InChI is InChI=1S/C16H23N3O2/c1-5-15(3,20-6-2)13-18-14(21-19-13)16(4,17)12-10-8-7-9-11-12/h7-11H,5-6,17H2,1-4H3. The van der Waals surface area contributed by atoms with Gasteiger partial charge in [0, 0.05) is 6.61 Å². The Balaban J connectivity index is 2.35. The zero-order valence-electron chi connectivity index (χ0n) is 13.1. The molecule has 2 atom stereocenters. The van der Waals surface area contributed by atoms with Crippen molar-refractivity contribution in [2.75, 3.05) is 6.61 Å². The van der Waals surface area contributed by atoms with Gasteiger partial charge in [-0.2, -0.15) is 4.98 Å². The van der Waals surface area contributed by atoms with Crippen LogP contribution >= 0.6 is 0 Å². The summed E-state index contributed by atoms with van der Waals surface area (Å²) in [6.07, 6.45) is 0.756. The molecule has 0 amide bonds. The third-order valence-electron chi connectivity index (χ3n) is 3.85. The number of nitrogens with zero attached hydrogens (tertiary/aromatic N) is 2. The molecule has 0 bridgehead atoms. The van der Waals surface area contributed by atoms with Crippen LogP contribution < -0.4 is 5.73 Å². The minimum atomic E-state index is -0.826. The van der Waals surface area contributed by atoms with Gasteiger partial charge in [-0.3, -0.25) is 0 Å². The van der Waals surface area contributed by atoms with E-state index < -0.39 is 11.1 Å². The molecule has 2 rings (SSSR count). The summed E-state index contributed by atoms with van der Waals surface area (Å²) in [5.41, 5.74) is 5.94. The van der Waals surface area contributed by atoms with Gasteiger partial charge < -0.3 is 15.0 Å². The first kappa shape index (κ1) is 15.7. The summed E-state index contributed by atoms with van der Waals surface area (Å²) < 4.78 is 11.2. The van der Waals surface area contributed by atoms with Crippen molar-refractivity contribution in [1.29, 1.82) is 0 Å². The van der Waals surface area contributed by atoms with E-state index in [0.29, 0.717) is 18.3 Å². The zero-order valence-corrected chi connectivity index (χ0v) is 13.1. The van der Waals surface area contributed by atoms with Crippen LogP contribution in [0.1, 0.15) is 51.4 Å². The molecule has 0 saturated carbocycles. The van der Waals surface area contributed by atoms with E-state index in [2.05, 4.69) is 10.1 Å². The van der Waals surface area contributed by atoms with Crippen LogP contribution in [-0.4, -0.2) is 16.7 Å². The lowest BCUT2D eigenvalue weighted by atomic mass is 9.93. The smallest absolute Gasteiger partial charge is 0.251 e. The summed E-state index contributed by atoms with van der Waals surface area (Å²) in [4.78, 5) is 4.49. The van der Waals surface area contributed by atoms with Crippen molar-refractivity contribution in [2.24, 2.45) is 5.73 Å². The Morgan fingerprint density at radius 1 is 1.19 bits per heavy atom. The minimum absolute atomic E-state index is 0.392. The first-order chi connectivity index (χ1) is 9.94. The van der Waals surface area contributed by atoms with Gasteiger partial charge in [0.2, 0.25) is 5.82 Å². The van der Waals surface area contributed by atoms with Crippen molar-refractivity contribution in [3.63, 3.8) is 0 Å². The molecule has 114 valence electrons. The molecule has 1 aromatic carbocycles. The second-order valence-electron chi connectivity index (χ2n) is 5.51. The fraction of sp³-hybridized carbons (Fsp3) is 0.500. The van der Waals surface area contributed by atoms with Crippen LogP contribution in [0, 0.1) is 0 Å². The van der Waals surface area contributed by atoms with E-state index >= 15 is 0 Å². The topological polar surface area (TPSA) is 74.2 Å². The number of benzene rings is 1. The van der Waals surface area contributed by atoms with Crippen molar-refractivity contribution >= 4 is 0 Å². The first-order valence-corrected chi connectivity index (χ1v) is 7.27. The molecule has 2 N–H and O–H groups in total. The van der Waals surface area contributed by atoms with Crippen LogP contribution in [0.15, 0.2) is 34.9 Å². The first-order valence-electron chi connectivity index (χ1n) is 7.27. The van der Waals surface area contributed by atoms with E-state index in [-0.39, 0.29) is 0 Å². The minimum Gasteiger partial charge on any atom is -0.367 e. The Hall–Kier alpha value is -1.72. The monoisotopic (exact) mass is 289 g/mol. The Labute approximate surface area is 125 Å². The number of rotatable bonds is 6. The highest BCUT2D eigenvalue weighted by atomic mass is 16.5. The fourth-order valence-corrected chi connectivity index (χ4v) is 2.20. The van der Waals surface area contributed by atoms with E-state index in [9.17, 15) is 0 Å². The molecular weight excluding hydrogens is 266 g/mol. The molecule has 0 aliphatic heterocycles. The molecule has 0 fully saturated rings. The predicted octanol–water partition coefficient (Wildman–Crippen LogP) is 2.95. The average molecular weight is 289 g/mol. The van der Waals surface area contributed by atoms with Crippen LogP contribution in [0.3, 0.4) is 0 Å². The van der Waals surface area contributed by atoms with Crippen LogP contribution in [0.2, 0.25) is 0 Å². The third kappa shape index (κ3) is 2.99. The number of ether oxygens (including phenoxy) is 1. The molecule has 0 radical (unpaired) electrons. The molecule has 1 heterocycles. The molecule has 2 unspecified atom stereocenters. The van der Waals surface area contributed by atoms with Gasteiger partial charge in [-0.15, -0.1) is 0 Å². The lowest BCUT2D eigenvalue weighted by molar-refractivity contribution is -0.0403. The molecule has 0 aliphatic carbocycles. The molecule has 0 aliphatic rings. The van der Waals surface area contributed by atoms with E-state index in [1.165, 1.54) is 0 Å². The second-order valence-corrected chi connectivity index (χ2v) is 5.51. The Kier molecular flexibility index (Phi) is 4.44. The lowest BCUT2D eigenvalue weighted by Crippen LogP contribution is -2.35. The predicted molar refractivity (Wildman–Crippen MR) is 80.7 cm³/mol. The molecule has 5 heteroatoms. The molecule has 0 saturated heterocycles. The maximum Gasteiger partial charge on any atom is 0.251 e. The molecular formula is C16H23N3O2. The maximum absolute atomic E-state index is 6.39. The number of aromatic nitrogens is 2. The van der Waals surface area contributed by atoms with Crippen molar-refractivity contribution in [2.45, 2.75) is 45.3 Å². The normalized spacial score (nSPS) is 17.2. The summed E-state index contributed by atoms with van der Waals surface area (Å²) in [5, 5.41) is 4.08. The highest BCUT2D eigenvalue weighted by molar-refractivity contribution is 5.29. The van der Waals surface area contributed by atoms with Crippen LogP contribution in [0.5, 0.6) is 0 Å². The highest BCUT2D eigenvalue weighted by Crippen LogP contribution is 2.30. The van der Waals surface area contributed by atoms with Gasteiger partial charge in [0.05, 0.1) is 0 Å². The molecule has 5 nitrogen and oxygen atoms in total. The maximum atomic E-state index is 6.39. The molecule has 0 spiro atoms. The number of hydrogen-bond acceptors (Lipinski definition) is 5. The van der Waals surface area contributed by atoms with E-state index in [4.69, 9.17) is 15.0 Å². The average Bonchev–Trinajstić information content (AvgIpc) is 2.99. The van der Waals surface area contributed by atoms with Gasteiger partial charge in [0.1, 0.15) is 11.1 Å². The third-order valence-corrected chi connectivity index (χ3v) is 3.85. The van der Waals surface area contributed by atoms with Gasteiger partial charge >= 0.3 is 0 Å². The number of nitrogens with two attached hydrogens (primary N) is 1. The van der Waals surface area contributed by atoms with E-state index in [0.717, 1.165) is 12.0 Å². The Bertz CT molecular complexity index is 580. The van der Waals surface area contributed by atoms with Gasteiger partial charge in [-0.25, -0.2) is 0 Å². The van der Waals surface area contributed by atoms with Crippen molar-refractivity contribution in [1.82, 2.24) is 10.1 Å². The number of hydrogen-bond donors (Lipinski definition) is 1. The fourth-order valence-electron chi connectivity index (χ4n) is 2.20. The molecule has 21 heavy (non-hydrogen) atoms. The van der Waals surface area contributed by atoms with Crippen LogP contribution in [-0.2, 0) is 15.9 Å². The Morgan fingerprint density at radius 2 is 1.86 bits per heavy atom. The summed E-state index contributed by atoms with van der Waals surface area (Å²) in [6, 6.07) is 9.72. The van der Waals surface area contributed by atoms with Crippen molar-refractivity contribution in [3.8, 4) is 0 Å². The highest BCUT2D eigenvalue weighted by Gasteiger charge is 2.35. The van der Waals surface area contributed by atoms with E-state index in [1.54, 1.807) is 0 Å².